The number of likely N-dealkylation sites (tertiary alicyclic amines) is 1. The maximum absolute atomic E-state index is 12.8. The van der Waals surface area contributed by atoms with Crippen molar-refractivity contribution in [1.82, 2.24) is 9.88 Å². The molecule has 1 amide bonds. The van der Waals surface area contributed by atoms with E-state index in [2.05, 4.69) is 18.8 Å². The lowest BCUT2D eigenvalue weighted by Crippen LogP contribution is -2.54. The highest BCUT2D eigenvalue weighted by Gasteiger charge is 2.63. The Morgan fingerprint density at radius 3 is 2.87 bits per heavy atom. The molecule has 5 nitrogen and oxygen atoms in total. The van der Waals surface area contributed by atoms with Crippen LogP contribution in [-0.4, -0.2) is 47.1 Å². The lowest BCUT2D eigenvalue weighted by atomic mass is 9.48. The molecule has 1 saturated heterocycles. The third-order valence-electron chi connectivity index (χ3n) is 5.71. The van der Waals surface area contributed by atoms with Gasteiger partial charge in [-0.1, -0.05) is 13.8 Å². The first-order valence-electron chi connectivity index (χ1n) is 8.46. The summed E-state index contributed by atoms with van der Waals surface area (Å²) in [5, 5.41) is 9.83. The van der Waals surface area contributed by atoms with E-state index in [4.69, 9.17) is 5.73 Å². The Kier molecular flexibility index (Phi) is 4.19. The summed E-state index contributed by atoms with van der Waals surface area (Å²) in [5.41, 5.74) is 7.36. The molecule has 5 heteroatoms. The first-order chi connectivity index (χ1) is 10.9. The quantitative estimate of drug-likeness (QED) is 0.861. The number of aryl methyl sites for hydroxylation is 1. The third kappa shape index (κ3) is 2.76. The predicted molar refractivity (Wildman–Crippen MR) is 88.9 cm³/mol. The minimum absolute atomic E-state index is 0.0325. The second kappa shape index (κ2) is 5.87. The number of carbonyl (C=O) groups excluding carboxylic acids is 1. The van der Waals surface area contributed by atoms with Crippen LogP contribution in [0.15, 0.2) is 18.5 Å². The minimum Gasteiger partial charge on any atom is -0.396 e. The molecule has 1 aliphatic carbocycles. The fourth-order valence-electron chi connectivity index (χ4n) is 4.72. The van der Waals surface area contributed by atoms with Gasteiger partial charge in [0.05, 0.1) is 12.2 Å². The number of hydrogen-bond donors (Lipinski definition) is 2. The number of pyridine rings is 1. The number of carbonyl (C=O) groups is 1. The normalized spacial score (nSPS) is 28.3. The number of rotatable bonds is 5. The van der Waals surface area contributed by atoms with Crippen molar-refractivity contribution in [3.05, 3.63) is 29.6 Å². The molecule has 2 fully saturated rings. The van der Waals surface area contributed by atoms with E-state index in [9.17, 15) is 9.90 Å². The fraction of sp³-hybridized carbons (Fsp3) is 0.667. The van der Waals surface area contributed by atoms with Crippen molar-refractivity contribution in [2.24, 2.45) is 22.5 Å². The van der Waals surface area contributed by atoms with Crippen molar-refractivity contribution < 1.29 is 9.90 Å². The van der Waals surface area contributed by atoms with Gasteiger partial charge in [0.2, 0.25) is 0 Å². The van der Waals surface area contributed by atoms with Gasteiger partial charge in [-0.05, 0) is 48.8 Å². The van der Waals surface area contributed by atoms with Crippen LogP contribution in [0.5, 0.6) is 0 Å². The maximum Gasteiger partial charge on any atom is 0.255 e. The van der Waals surface area contributed by atoms with E-state index in [0.29, 0.717) is 24.6 Å². The second-order valence-corrected chi connectivity index (χ2v) is 7.90. The highest BCUT2D eigenvalue weighted by Crippen LogP contribution is 2.62. The average molecular weight is 317 g/mol. The molecule has 3 rings (SSSR count). The summed E-state index contributed by atoms with van der Waals surface area (Å²) in [4.78, 5) is 19.0. The molecule has 1 aromatic heterocycles. The zero-order valence-corrected chi connectivity index (χ0v) is 14.1. The van der Waals surface area contributed by atoms with Crippen molar-refractivity contribution in [2.45, 2.75) is 33.1 Å². The lowest BCUT2D eigenvalue weighted by Gasteiger charge is -2.55. The topological polar surface area (TPSA) is 79.5 Å². The summed E-state index contributed by atoms with van der Waals surface area (Å²) in [5.74, 6) is 0.419. The number of amides is 1. The zero-order valence-electron chi connectivity index (χ0n) is 14.1. The van der Waals surface area contributed by atoms with Gasteiger partial charge in [0, 0.05) is 30.9 Å². The van der Waals surface area contributed by atoms with Crippen LogP contribution in [0.2, 0.25) is 0 Å². The third-order valence-corrected chi connectivity index (χ3v) is 5.71. The van der Waals surface area contributed by atoms with Crippen LogP contribution < -0.4 is 5.73 Å². The van der Waals surface area contributed by atoms with Crippen molar-refractivity contribution in [1.29, 1.82) is 0 Å². The molecule has 0 aromatic carbocycles. The summed E-state index contributed by atoms with van der Waals surface area (Å²) in [6, 6.07) is 1.93. The van der Waals surface area contributed by atoms with Gasteiger partial charge < -0.3 is 15.7 Å². The molecule has 0 bridgehead atoms. The highest BCUT2D eigenvalue weighted by atomic mass is 16.3. The molecule has 1 saturated carbocycles. The molecule has 0 radical (unpaired) electrons. The predicted octanol–water partition coefficient (Wildman–Crippen LogP) is 1.45. The van der Waals surface area contributed by atoms with Crippen LogP contribution in [0.3, 0.4) is 0 Å². The Labute approximate surface area is 137 Å². The molecular weight excluding hydrogens is 290 g/mol. The SMILES string of the molecule is CC1(C)C[C@]2(CO)CN(C(=O)c3cncc(CCCN)c3)C[C@H]12. The minimum atomic E-state index is -0.0935. The lowest BCUT2D eigenvalue weighted by molar-refractivity contribution is -0.0977. The Balaban J connectivity index is 1.74. The van der Waals surface area contributed by atoms with Crippen LogP contribution >= 0.6 is 0 Å². The van der Waals surface area contributed by atoms with E-state index in [1.807, 2.05) is 11.0 Å². The standard InChI is InChI=1S/C18H27N3O2/c1-17(2)10-18(12-22)11-21(9-15(17)18)16(23)14-6-13(4-3-5-19)7-20-8-14/h6-8,15,22H,3-5,9-12,19H2,1-2H3/t15-,18-/m1/s1. The largest absolute Gasteiger partial charge is 0.396 e. The summed E-state index contributed by atoms with van der Waals surface area (Å²) in [6.45, 7) is 6.66. The number of nitrogens with zero attached hydrogens (tertiary/aromatic N) is 2. The van der Waals surface area contributed by atoms with Gasteiger partial charge in [-0.25, -0.2) is 0 Å². The molecule has 2 atom stereocenters. The van der Waals surface area contributed by atoms with E-state index < -0.39 is 0 Å². The number of aliphatic hydroxyl groups excluding tert-OH is 1. The van der Waals surface area contributed by atoms with Gasteiger partial charge in [0.15, 0.2) is 0 Å². The van der Waals surface area contributed by atoms with E-state index in [0.717, 1.165) is 31.4 Å². The van der Waals surface area contributed by atoms with Crippen molar-refractivity contribution in [3.63, 3.8) is 0 Å². The highest BCUT2D eigenvalue weighted by molar-refractivity contribution is 5.94. The van der Waals surface area contributed by atoms with Crippen molar-refractivity contribution in [3.8, 4) is 0 Å². The number of nitrogens with two attached hydrogens (primary N) is 1. The average Bonchev–Trinajstić information content (AvgIpc) is 2.88. The summed E-state index contributed by atoms with van der Waals surface area (Å²) >= 11 is 0. The smallest absolute Gasteiger partial charge is 0.255 e. The monoisotopic (exact) mass is 317 g/mol. The zero-order chi connectivity index (χ0) is 16.7. The van der Waals surface area contributed by atoms with Crippen molar-refractivity contribution in [2.75, 3.05) is 26.2 Å². The van der Waals surface area contributed by atoms with Gasteiger partial charge in [-0.15, -0.1) is 0 Å². The molecule has 3 N–H and O–H groups in total. The van der Waals surface area contributed by atoms with E-state index in [1.54, 1.807) is 12.4 Å². The summed E-state index contributed by atoms with van der Waals surface area (Å²) in [6.07, 6.45) is 6.18. The van der Waals surface area contributed by atoms with Gasteiger partial charge in [0.1, 0.15) is 0 Å². The first-order valence-corrected chi connectivity index (χ1v) is 8.46. The van der Waals surface area contributed by atoms with Gasteiger partial charge in [-0.3, -0.25) is 9.78 Å². The number of aliphatic hydroxyl groups is 1. The molecule has 0 spiro atoms. The molecule has 2 aliphatic rings. The van der Waals surface area contributed by atoms with Crippen LogP contribution in [-0.2, 0) is 6.42 Å². The number of hydrogen-bond acceptors (Lipinski definition) is 4. The second-order valence-electron chi connectivity index (χ2n) is 7.90. The molecule has 0 unspecified atom stereocenters. The van der Waals surface area contributed by atoms with Crippen LogP contribution in [0.1, 0.15) is 42.6 Å². The Hall–Kier alpha value is -1.46. The van der Waals surface area contributed by atoms with Gasteiger partial charge >= 0.3 is 0 Å². The Morgan fingerprint density at radius 2 is 2.26 bits per heavy atom. The fourth-order valence-corrected chi connectivity index (χ4v) is 4.72. The summed E-state index contributed by atoms with van der Waals surface area (Å²) in [7, 11) is 0. The Bertz CT molecular complexity index is 602. The maximum atomic E-state index is 12.8. The van der Waals surface area contributed by atoms with Crippen molar-refractivity contribution >= 4 is 5.91 Å². The van der Waals surface area contributed by atoms with Crippen LogP contribution in [0, 0.1) is 16.7 Å². The van der Waals surface area contributed by atoms with E-state index >= 15 is 0 Å². The van der Waals surface area contributed by atoms with E-state index in [-0.39, 0.29) is 23.3 Å². The van der Waals surface area contributed by atoms with Gasteiger partial charge in [0.25, 0.3) is 5.91 Å². The Morgan fingerprint density at radius 1 is 1.48 bits per heavy atom. The summed E-state index contributed by atoms with van der Waals surface area (Å²) < 4.78 is 0. The molecule has 2 heterocycles. The molecular formula is C18H27N3O2. The first kappa shape index (κ1) is 16.4. The molecule has 23 heavy (non-hydrogen) atoms. The van der Waals surface area contributed by atoms with Crippen LogP contribution in [0.4, 0.5) is 0 Å². The number of aromatic nitrogens is 1. The number of fused-ring (bicyclic) bond motifs is 1. The molecule has 126 valence electrons. The van der Waals surface area contributed by atoms with Crippen LogP contribution in [0.25, 0.3) is 0 Å². The molecule has 1 aliphatic heterocycles. The van der Waals surface area contributed by atoms with Gasteiger partial charge in [-0.2, -0.15) is 0 Å². The molecule has 1 aromatic rings. The van der Waals surface area contributed by atoms with E-state index in [1.165, 1.54) is 0 Å².